The van der Waals surface area contributed by atoms with Crippen molar-refractivity contribution in [1.29, 1.82) is 0 Å². The number of halogens is 11. The van der Waals surface area contributed by atoms with Gasteiger partial charge in [0.05, 0.1) is 73.4 Å². The van der Waals surface area contributed by atoms with Gasteiger partial charge in [0.15, 0.2) is 17.3 Å². The van der Waals surface area contributed by atoms with Crippen LogP contribution in [0.5, 0.6) is 17.2 Å². The fourth-order valence-corrected chi connectivity index (χ4v) is 22.2. The number of allylic oxidation sites excluding steroid dienone is 3. The molecule has 18 rings (SSSR count). The van der Waals surface area contributed by atoms with Crippen LogP contribution >= 0.6 is 23.2 Å². The summed E-state index contributed by atoms with van der Waals surface area (Å²) in [4.78, 5) is 133. The molecular weight excluding hydrogens is 2030 g/mol. The number of amidine groups is 3. The lowest BCUT2D eigenvalue weighted by atomic mass is 9.89. The molecule has 3 saturated heterocycles. The van der Waals surface area contributed by atoms with Gasteiger partial charge in [0.2, 0.25) is 30.1 Å². The topological polar surface area (TPSA) is 376 Å². The zero-order valence-corrected chi connectivity index (χ0v) is 86.7. The van der Waals surface area contributed by atoms with E-state index in [1.807, 2.05) is 6.92 Å². The summed E-state index contributed by atoms with van der Waals surface area (Å²) in [5, 5.41) is 7.84. The highest BCUT2D eigenvalue weighted by Gasteiger charge is 2.52. The standard InChI is InChI=1S/C35H43F3N4O6S.2C33H37F3N4O6S.C2H4Cl2/c1-5-7-9-29(43)23-41(4)32(44)26-11-10-25(24(3)19-26)12-18-49(46,47)42-15-13-34(14-16-42)33(45)39-31(40-34)27-20-28(35(36,37)38)22-30(21-27)48-17-8-6-2;2*1-22-17-24-9-8-23(22)10-16-47(44,45)40-13-11-32(12-14-40)31(43)37-29(38-32)25-18-26(33(34,35)36)20-28(19-25)46-15-6-4-3-5-7-27(41)21-39(2)30(24)42;3-1-2-4/h6,10-11,19-22H,2,5,7-9,12-18,23H2,1,3-4H3,(H,39,40,45);3,5,8-9,17-20H,4,6-7,10-16,21H2,1-2H3,(H,37,38,43);3-4,8-9,17-20H,5-7,10-16,21H2,1-2H3,(H,37,38,43);1-2H2/b;5-3-;4-3+;. The van der Waals surface area contributed by atoms with E-state index in [4.69, 9.17) is 37.4 Å². The Morgan fingerprint density at radius 3 is 1.45 bits per heavy atom. The molecule has 12 heterocycles. The molecule has 30 nitrogen and oxygen atoms in total. The number of rotatable bonds is 16. The van der Waals surface area contributed by atoms with E-state index < -0.39 is 99.6 Å². The minimum absolute atomic E-state index is 0.00408. The quantitative estimate of drug-likeness (QED) is 0.0351. The summed E-state index contributed by atoms with van der Waals surface area (Å²) in [6.07, 6.45) is 0.191. The first-order valence-corrected chi connectivity index (χ1v) is 54.1. The van der Waals surface area contributed by atoms with Gasteiger partial charge >= 0.3 is 18.5 Å². The zero-order chi connectivity index (χ0) is 107. The third-order valence-electron chi connectivity index (χ3n) is 26.3. The third-order valence-corrected chi connectivity index (χ3v) is 32.5. The second-order valence-electron chi connectivity index (χ2n) is 37.2. The molecule has 3 fully saturated rings. The molecule has 0 saturated carbocycles. The summed E-state index contributed by atoms with van der Waals surface area (Å²) in [6, 6.07) is 24.6. The fraction of sp³-hybridized carbons (Fsp3) is 0.476. The maximum atomic E-state index is 13.8. The number of aryl methyl sites for hydroxylation is 6. The second-order valence-corrected chi connectivity index (χ2v) is 44.2. The highest BCUT2D eigenvalue weighted by Crippen LogP contribution is 2.42. The number of carbonyl (C=O) groups is 9. The molecule has 6 amide bonds. The normalized spacial score (nSPS) is 21.7. The van der Waals surface area contributed by atoms with Crippen molar-refractivity contribution >= 4 is 124 Å². The summed E-state index contributed by atoms with van der Waals surface area (Å²) < 4.78 is 224. The average molecular weight is 2150 g/mol. The van der Waals surface area contributed by atoms with Crippen LogP contribution in [0.4, 0.5) is 39.5 Å². The largest absolute Gasteiger partial charge is 0.494 e. The molecule has 3 N–H and O–H groups in total. The molecule has 12 aliphatic rings. The molecule has 0 aliphatic carbocycles. The number of hydrogen-bond acceptors (Lipinski definition) is 21. The predicted molar refractivity (Wildman–Crippen MR) is 539 cm³/mol. The molecular formula is C103H121Cl2F9N12O18S3. The Morgan fingerprint density at radius 1 is 0.544 bits per heavy atom. The maximum Gasteiger partial charge on any atom is 0.416 e. The molecule has 14 bridgehead atoms. The van der Waals surface area contributed by atoms with Crippen molar-refractivity contribution in [1.82, 2.24) is 43.6 Å². The number of alkyl halides is 11. The smallest absolute Gasteiger partial charge is 0.416 e. The number of hydrogen-bond donors (Lipinski definition) is 3. The molecule has 0 aromatic heterocycles. The van der Waals surface area contributed by atoms with Crippen molar-refractivity contribution < 1.29 is 122 Å². The zero-order valence-electron chi connectivity index (χ0n) is 82.7. The molecule has 6 aromatic carbocycles. The average Bonchev–Trinajstić information content (AvgIpc) is 1.62. The number of fused-ring (bicyclic) bond motifs is 4. The maximum absolute atomic E-state index is 13.8. The molecule has 44 heteroatoms. The number of piperidine rings is 3. The van der Waals surface area contributed by atoms with Crippen LogP contribution in [0.1, 0.15) is 207 Å². The minimum Gasteiger partial charge on any atom is -0.494 e. The van der Waals surface area contributed by atoms with Crippen LogP contribution < -0.4 is 30.2 Å². The lowest BCUT2D eigenvalue weighted by molar-refractivity contribution is -0.138. The van der Waals surface area contributed by atoms with Crippen LogP contribution in [0, 0.1) is 20.8 Å². The number of ketones is 3. The van der Waals surface area contributed by atoms with Crippen LogP contribution in [0.3, 0.4) is 0 Å². The summed E-state index contributed by atoms with van der Waals surface area (Å²) in [7, 11) is -6.52. The number of carbonyl (C=O) groups excluding carboxylic acids is 9. The van der Waals surface area contributed by atoms with Gasteiger partial charge in [-0.15, -0.1) is 29.8 Å². The van der Waals surface area contributed by atoms with Gasteiger partial charge in [-0.2, -0.15) is 39.5 Å². The lowest BCUT2D eigenvalue weighted by Gasteiger charge is -2.34. The van der Waals surface area contributed by atoms with Crippen LogP contribution in [0.15, 0.2) is 161 Å². The first-order chi connectivity index (χ1) is 69.3. The van der Waals surface area contributed by atoms with Crippen molar-refractivity contribution in [3.05, 3.63) is 230 Å². The van der Waals surface area contributed by atoms with E-state index >= 15 is 0 Å². The Bertz CT molecular complexity index is 6430. The van der Waals surface area contributed by atoms with E-state index in [2.05, 4.69) is 37.5 Å². The van der Waals surface area contributed by atoms with Gasteiger partial charge in [-0.05, 0) is 241 Å². The number of sulfonamides is 3. The Hall–Kier alpha value is -11.5. The van der Waals surface area contributed by atoms with E-state index in [9.17, 15) is 108 Å². The molecule has 796 valence electrons. The van der Waals surface area contributed by atoms with Gasteiger partial charge in [0, 0.05) is 125 Å². The van der Waals surface area contributed by atoms with E-state index in [1.165, 1.54) is 52.9 Å². The highest BCUT2D eigenvalue weighted by molar-refractivity contribution is 7.89. The number of unbranched alkanes of at least 4 members (excludes halogenated alkanes) is 1. The number of nitrogens with zero attached hydrogens (tertiary/aromatic N) is 9. The number of ether oxygens (including phenoxy) is 3. The summed E-state index contributed by atoms with van der Waals surface area (Å²) in [5.74, 6) is -2.37. The fourth-order valence-electron chi connectivity index (χ4n) is 17.7. The molecule has 3 spiro atoms. The molecule has 6 aromatic rings. The SMILES string of the molecule is C=CCCOc1cc(C2=NC3(CCN(S(=O)(=O)CCc4ccc(C(=O)N(C)CC(=O)CCCC)cc4C)CC3)C(=O)N2)cc(C(F)(F)F)c1.Cc1cc2ccc1CCS(=O)(=O)N1CCC3(CC1)N=C(NC3=O)c1cc(cc(C(F)(F)F)c1)OCC/C=C/CCC(=O)CN(C)C2=O.Cc1cc2ccc1CCS(=O)(=O)N1CCC3(CC1)N=C(NC3=O)c1cc(cc(C(F)(F)F)c1)OCCC/C=C\CC(=O)CN(C)C2=O.ClCCCl. The van der Waals surface area contributed by atoms with E-state index in [0.29, 0.717) is 67.0 Å². The molecule has 147 heavy (non-hydrogen) atoms. The Kier molecular flexibility index (Phi) is 39.5. The highest BCUT2D eigenvalue weighted by atomic mass is 35.5. The van der Waals surface area contributed by atoms with Gasteiger partial charge in [-0.3, -0.25) is 58.1 Å². The van der Waals surface area contributed by atoms with Gasteiger partial charge in [-0.25, -0.2) is 38.2 Å². The van der Waals surface area contributed by atoms with Crippen molar-refractivity contribution in [2.24, 2.45) is 15.0 Å². The third kappa shape index (κ3) is 30.9. The van der Waals surface area contributed by atoms with Crippen LogP contribution in [0.25, 0.3) is 0 Å². The molecule has 0 atom stereocenters. The minimum atomic E-state index is -4.68. The van der Waals surface area contributed by atoms with Gasteiger partial charge < -0.3 is 44.9 Å². The van der Waals surface area contributed by atoms with E-state index in [0.717, 1.165) is 82.6 Å². The summed E-state index contributed by atoms with van der Waals surface area (Å²) in [5.41, 5.74) is -0.933. The number of amides is 6. The summed E-state index contributed by atoms with van der Waals surface area (Å²) >= 11 is 10.1. The first-order valence-electron chi connectivity index (χ1n) is 48.2. The van der Waals surface area contributed by atoms with Crippen LogP contribution in [0.2, 0.25) is 0 Å². The molecule has 0 unspecified atom stereocenters. The van der Waals surface area contributed by atoms with Gasteiger partial charge in [-0.1, -0.05) is 61.9 Å². The van der Waals surface area contributed by atoms with E-state index in [-0.39, 0.29) is 253 Å². The summed E-state index contributed by atoms with van der Waals surface area (Å²) in [6.45, 7) is 11.2. The molecule has 12 aliphatic heterocycles. The number of nitrogens with one attached hydrogen (secondary N) is 3. The van der Waals surface area contributed by atoms with Crippen LogP contribution in [-0.4, -0.2) is 269 Å². The van der Waals surface area contributed by atoms with Crippen molar-refractivity contribution in [2.75, 3.05) is 129 Å². The Balaban J connectivity index is 0.000000206. The number of aliphatic imine (C=N–C) groups is 3. The Morgan fingerprint density at radius 2 is 0.993 bits per heavy atom. The number of Topliss-reactive ketones (excluding diaryl/α,β-unsaturated/α-hetero) is 3. The monoisotopic (exact) mass is 2150 g/mol. The molecule has 0 radical (unpaired) electrons. The second kappa shape index (κ2) is 50.2. The van der Waals surface area contributed by atoms with Crippen LogP contribution in [-0.2, 0) is 96.6 Å². The number of likely N-dealkylation sites (N-methyl/N-ethyl adjacent to an activating group) is 3. The van der Waals surface area contributed by atoms with Crippen molar-refractivity contribution in [3.8, 4) is 17.2 Å². The number of benzene rings is 6. The predicted octanol–water partition coefficient (Wildman–Crippen LogP) is 14.7. The lowest BCUT2D eigenvalue weighted by Crippen LogP contribution is -2.50. The van der Waals surface area contributed by atoms with Gasteiger partial charge in [0.25, 0.3) is 35.4 Å². The van der Waals surface area contributed by atoms with Crippen molar-refractivity contribution in [2.45, 2.75) is 185 Å². The van der Waals surface area contributed by atoms with Gasteiger partial charge in [0.1, 0.15) is 51.4 Å². The van der Waals surface area contributed by atoms with Crippen molar-refractivity contribution in [3.63, 3.8) is 0 Å². The first kappa shape index (κ1) is 116. The Labute approximate surface area is 859 Å². The van der Waals surface area contributed by atoms with E-state index in [1.54, 1.807) is 120 Å².